The molecule has 11 aromatic rings. The van der Waals surface area contributed by atoms with Crippen LogP contribution < -0.4 is 0 Å². The summed E-state index contributed by atoms with van der Waals surface area (Å²) in [4.78, 5) is 0. The second-order valence-electron chi connectivity index (χ2n) is 22.7. The molecule has 3 aliphatic carbocycles. The highest BCUT2D eigenvalue weighted by Gasteiger charge is 2.48. The van der Waals surface area contributed by atoms with Crippen LogP contribution in [0.5, 0.6) is 0 Å². The minimum atomic E-state index is -0.616. The highest BCUT2D eigenvalue weighted by atomic mass is 14.5. The van der Waals surface area contributed by atoms with E-state index in [-0.39, 0.29) is 16.7 Å². The summed E-state index contributed by atoms with van der Waals surface area (Å²) in [6, 6.07) is 99.2. The lowest BCUT2D eigenvalue weighted by molar-refractivity contribution is 0.643. The highest BCUT2D eigenvalue weighted by Crippen LogP contribution is 2.60. The lowest BCUT2D eigenvalue weighted by atomic mass is 9.67. The average molecular weight is 973 g/mol. The van der Waals surface area contributed by atoms with Crippen LogP contribution in [0, 0.1) is 0 Å². The van der Waals surface area contributed by atoms with E-state index in [9.17, 15) is 0 Å². The quantitative estimate of drug-likeness (QED) is 0.128. The fourth-order valence-corrected chi connectivity index (χ4v) is 14.0. The summed E-state index contributed by atoms with van der Waals surface area (Å²) in [5, 5.41) is 0. The Labute approximate surface area is 449 Å². The van der Waals surface area contributed by atoms with E-state index >= 15 is 0 Å². The van der Waals surface area contributed by atoms with Gasteiger partial charge in [0.25, 0.3) is 0 Å². The minimum Gasteiger partial charge on any atom is -0.0622 e. The molecule has 364 valence electrons. The van der Waals surface area contributed by atoms with E-state index in [1.54, 1.807) is 0 Å². The molecule has 0 fully saturated rings. The Morgan fingerprint density at radius 1 is 0.276 bits per heavy atom. The molecule has 14 rings (SSSR count). The molecule has 0 radical (unpaired) electrons. The zero-order valence-corrected chi connectivity index (χ0v) is 43.8. The fourth-order valence-electron chi connectivity index (χ4n) is 14.0. The molecule has 3 aliphatic rings. The van der Waals surface area contributed by atoms with Crippen LogP contribution in [0.2, 0.25) is 0 Å². The van der Waals surface area contributed by atoms with Crippen molar-refractivity contribution in [3.63, 3.8) is 0 Å². The smallest absolute Gasteiger partial charge is 0.0622 e. The van der Waals surface area contributed by atoms with Gasteiger partial charge in [0.05, 0.1) is 5.41 Å². The SMILES string of the molecule is CC1(C)c2ccccc2-c2ccc(CC(Cc3cc(-c4ccccc4)c4c(c3)C(c3ccccc3)(c3ccc(-c5ccccc5)cc3)c3ccc(-c5ccccc5)cc3-4)c3ccc4c(c3)C(C)(C)c3ccccc3-4)cc21. The normalized spacial score (nSPS) is 16.2. The van der Waals surface area contributed by atoms with E-state index < -0.39 is 5.41 Å². The first-order chi connectivity index (χ1) is 37.2. The topological polar surface area (TPSA) is 0 Å². The third kappa shape index (κ3) is 7.18. The molecular weight excluding hydrogens is 913 g/mol. The van der Waals surface area contributed by atoms with E-state index in [0.29, 0.717) is 0 Å². The van der Waals surface area contributed by atoms with Crippen molar-refractivity contribution in [2.75, 3.05) is 0 Å². The van der Waals surface area contributed by atoms with Crippen molar-refractivity contribution < 1.29 is 0 Å². The number of hydrogen-bond donors (Lipinski definition) is 0. The van der Waals surface area contributed by atoms with Gasteiger partial charge in [-0.2, -0.15) is 0 Å². The monoisotopic (exact) mass is 972 g/mol. The fraction of sp³-hybridized carbons (Fsp3) is 0.132. The third-order valence-electron chi connectivity index (χ3n) is 17.8. The summed E-state index contributed by atoms with van der Waals surface area (Å²) in [5.41, 5.74) is 29.6. The second-order valence-corrected chi connectivity index (χ2v) is 22.7. The predicted molar refractivity (Wildman–Crippen MR) is 318 cm³/mol. The molecule has 0 amide bonds. The van der Waals surface area contributed by atoms with Crippen LogP contribution in [0.4, 0.5) is 0 Å². The van der Waals surface area contributed by atoms with Crippen LogP contribution in [0.25, 0.3) is 66.8 Å². The van der Waals surface area contributed by atoms with Crippen molar-refractivity contribution in [1.29, 1.82) is 0 Å². The van der Waals surface area contributed by atoms with Gasteiger partial charge in [-0.25, -0.2) is 0 Å². The molecule has 0 saturated carbocycles. The van der Waals surface area contributed by atoms with Gasteiger partial charge in [0.2, 0.25) is 0 Å². The number of fused-ring (bicyclic) bond motifs is 9. The zero-order chi connectivity index (χ0) is 51.2. The van der Waals surface area contributed by atoms with Crippen molar-refractivity contribution in [3.8, 4) is 66.8 Å². The third-order valence-corrected chi connectivity index (χ3v) is 17.8. The van der Waals surface area contributed by atoms with Gasteiger partial charge in [0.15, 0.2) is 0 Å². The molecule has 0 heterocycles. The first kappa shape index (κ1) is 46.0. The molecule has 0 spiro atoms. The van der Waals surface area contributed by atoms with Gasteiger partial charge >= 0.3 is 0 Å². The van der Waals surface area contributed by atoms with Gasteiger partial charge in [-0.15, -0.1) is 0 Å². The van der Waals surface area contributed by atoms with Crippen LogP contribution in [0.15, 0.2) is 261 Å². The number of rotatable bonds is 10. The van der Waals surface area contributed by atoms with Crippen molar-refractivity contribution in [2.45, 2.75) is 62.7 Å². The summed E-state index contributed by atoms with van der Waals surface area (Å²) in [6.07, 6.45) is 1.78. The van der Waals surface area contributed by atoms with Gasteiger partial charge in [-0.05, 0) is 153 Å². The summed E-state index contributed by atoms with van der Waals surface area (Å²) in [7, 11) is 0. The van der Waals surface area contributed by atoms with E-state index in [2.05, 4.69) is 289 Å². The van der Waals surface area contributed by atoms with E-state index in [0.717, 1.165) is 12.8 Å². The lowest BCUT2D eigenvalue weighted by Gasteiger charge is -2.34. The Kier molecular flexibility index (Phi) is 10.8. The van der Waals surface area contributed by atoms with Gasteiger partial charge in [-0.3, -0.25) is 0 Å². The van der Waals surface area contributed by atoms with Crippen LogP contribution in [0.3, 0.4) is 0 Å². The molecule has 0 nitrogen and oxygen atoms in total. The molecule has 0 aliphatic heterocycles. The van der Waals surface area contributed by atoms with Crippen LogP contribution in [-0.4, -0.2) is 0 Å². The zero-order valence-electron chi connectivity index (χ0n) is 43.8. The maximum Gasteiger partial charge on any atom is 0.0713 e. The Hall–Kier alpha value is -8.58. The first-order valence-corrected chi connectivity index (χ1v) is 27.3. The van der Waals surface area contributed by atoms with E-state index in [4.69, 9.17) is 0 Å². The van der Waals surface area contributed by atoms with Crippen LogP contribution >= 0.6 is 0 Å². The van der Waals surface area contributed by atoms with Crippen LogP contribution in [-0.2, 0) is 29.1 Å². The molecule has 2 atom stereocenters. The molecule has 0 N–H and O–H groups in total. The molecule has 76 heavy (non-hydrogen) atoms. The van der Waals surface area contributed by atoms with Crippen molar-refractivity contribution in [2.24, 2.45) is 0 Å². The van der Waals surface area contributed by atoms with Gasteiger partial charge in [0.1, 0.15) is 0 Å². The maximum absolute atomic E-state index is 2.63. The number of benzene rings is 11. The molecular formula is C76H60. The Bertz CT molecular complexity index is 4010. The van der Waals surface area contributed by atoms with E-state index in [1.807, 2.05) is 0 Å². The molecule has 2 unspecified atom stereocenters. The molecule has 11 aromatic carbocycles. The molecule has 0 aromatic heterocycles. The maximum atomic E-state index is 2.63. The summed E-state index contributed by atoms with van der Waals surface area (Å²) in [5.74, 6) is 0.182. The molecule has 0 saturated heterocycles. The summed E-state index contributed by atoms with van der Waals surface area (Å²) in [6.45, 7) is 9.65. The minimum absolute atomic E-state index is 0.0825. The summed E-state index contributed by atoms with van der Waals surface area (Å²) >= 11 is 0. The van der Waals surface area contributed by atoms with Crippen molar-refractivity contribution in [1.82, 2.24) is 0 Å². The first-order valence-electron chi connectivity index (χ1n) is 27.3. The average Bonchev–Trinajstić information content (AvgIpc) is 4.00. The highest BCUT2D eigenvalue weighted by molar-refractivity contribution is 5.97. The largest absolute Gasteiger partial charge is 0.0713 e. The van der Waals surface area contributed by atoms with Crippen molar-refractivity contribution in [3.05, 3.63) is 322 Å². The number of hydrogen-bond acceptors (Lipinski definition) is 0. The molecule has 0 heteroatoms. The van der Waals surface area contributed by atoms with Gasteiger partial charge in [0, 0.05) is 10.8 Å². The van der Waals surface area contributed by atoms with Gasteiger partial charge in [-0.1, -0.05) is 282 Å². The Morgan fingerprint density at radius 2 is 0.737 bits per heavy atom. The second kappa shape index (κ2) is 17.8. The lowest BCUT2D eigenvalue weighted by Crippen LogP contribution is -2.28. The standard InChI is InChI=1S/C76H60/c1-74(2)67-31-19-17-29-61(67)63-40-33-50(46-70(63)74)43-58(57-36-41-64-62-30-18-20-32-68(62)75(3,4)71(64)49-57)44-51-45-65(55-25-13-7-14-26-55)73-66-48-56(53-23-11-6-12-24-53)37-42-69(66)76(72(73)47-51,59-27-15-8-16-28-59)60-38-34-54(35-39-60)52-21-9-5-10-22-52/h5-42,45-49,58H,43-44H2,1-4H3. The summed E-state index contributed by atoms with van der Waals surface area (Å²) < 4.78 is 0. The molecule has 0 bridgehead atoms. The van der Waals surface area contributed by atoms with Gasteiger partial charge < -0.3 is 0 Å². The predicted octanol–water partition coefficient (Wildman–Crippen LogP) is 19.2. The Morgan fingerprint density at radius 3 is 1.37 bits per heavy atom. The van der Waals surface area contributed by atoms with Crippen molar-refractivity contribution >= 4 is 0 Å². The van der Waals surface area contributed by atoms with E-state index in [1.165, 1.54) is 128 Å². The Balaban J connectivity index is 0.999. The van der Waals surface area contributed by atoms with Crippen LogP contribution in [0.1, 0.15) is 94.8 Å².